The summed E-state index contributed by atoms with van der Waals surface area (Å²) in [5.41, 5.74) is 0. The lowest BCUT2D eigenvalue weighted by atomic mass is 10.2. The molecule has 1 rings (SSSR count). The summed E-state index contributed by atoms with van der Waals surface area (Å²) >= 11 is 1.46. The number of nitrogens with one attached hydrogen (secondary N) is 1. The highest BCUT2D eigenvalue weighted by molar-refractivity contribution is 7.98. The highest BCUT2D eigenvalue weighted by Gasteiger charge is 2.26. The van der Waals surface area contributed by atoms with E-state index < -0.39 is 22.0 Å². The summed E-state index contributed by atoms with van der Waals surface area (Å²) in [7, 11) is -2.25. The summed E-state index contributed by atoms with van der Waals surface area (Å²) in [6, 6.07) is -1.13. The number of aliphatic carboxylic acids is 1. The lowest BCUT2D eigenvalue weighted by molar-refractivity contribution is -0.139. The van der Waals surface area contributed by atoms with Crippen LogP contribution in [0.1, 0.15) is 6.42 Å². The van der Waals surface area contributed by atoms with Gasteiger partial charge < -0.3 is 9.67 Å². The fourth-order valence-electron chi connectivity index (χ4n) is 1.24. The van der Waals surface area contributed by atoms with Crippen LogP contribution in [0.15, 0.2) is 17.6 Å². The molecule has 0 saturated carbocycles. The number of carboxylic acid groups (broad SMARTS) is 1. The molecule has 0 aliphatic rings. The Kier molecular flexibility index (Phi) is 5.17. The van der Waals surface area contributed by atoms with Crippen molar-refractivity contribution in [1.29, 1.82) is 0 Å². The predicted molar refractivity (Wildman–Crippen MR) is 68.0 cm³/mol. The van der Waals surface area contributed by atoms with Crippen LogP contribution in [0.3, 0.4) is 0 Å². The molecule has 0 aliphatic carbocycles. The average Bonchev–Trinajstić information content (AvgIpc) is 2.71. The average molecular weight is 293 g/mol. The third kappa shape index (κ3) is 4.00. The van der Waals surface area contributed by atoms with E-state index in [1.165, 1.54) is 28.9 Å². The van der Waals surface area contributed by atoms with Crippen molar-refractivity contribution in [3.63, 3.8) is 0 Å². The van der Waals surface area contributed by atoms with Crippen LogP contribution in [-0.2, 0) is 21.9 Å². The molecule has 0 bridgehead atoms. The van der Waals surface area contributed by atoms with Crippen LogP contribution in [0.4, 0.5) is 0 Å². The first-order valence-electron chi connectivity index (χ1n) is 5.09. The number of rotatable bonds is 7. The Morgan fingerprint density at radius 1 is 1.67 bits per heavy atom. The van der Waals surface area contributed by atoms with E-state index in [4.69, 9.17) is 5.11 Å². The number of carbonyl (C=O) groups is 1. The fourth-order valence-corrected chi connectivity index (χ4v) is 2.92. The number of sulfonamides is 1. The van der Waals surface area contributed by atoms with Crippen molar-refractivity contribution < 1.29 is 18.3 Å². The molecule has 1 aromatic heterocycles. The molecular formula is C9H15N3O4S2. The fraction of sp³-hybridized carbons (Fsp3) is 0.556. The van der Waals surface area contributed by atoms with Crippen LogP contribution in [0.2, 0.25) is 0 Å². The van der Waals surface area contributed by atoms with E-state index in [9.17, 15) is 13.2 Å². The molecule has 7 nitrogen and oxygen atoms in total. The number of hydrogen-bond acceptors (Lipinski definition) is 5. The minimum Gasteiger partial charge on any atom is -0.480 e. The number of aryl methyl sites for hydroxylation is 1. The molecule has 9 heteroatoms. The van der Waals surface area contributed by atoms with E-state index in [2.05, 4.69) is 9.71 Å². The molecule has 102 valence electrons. The van der Waals surface area contributed by atoms with Gasteiger partial charge in [-0.05, 0) is 18.4 Å². The van der Waals surface area contributed by atoms with Gasteiger partial charge in [0.1, 0.15) is 6.04 Å². The third-order valence-electron chi connectivity index (χ3n) is 2.16. The van der Waals surface area contributed by atoms with Gasteiger partial charge in [0.2, 0.25) is 0 Å². The van der Waals surface area contributed by atoms with Crippen LogP contribution in [0.25, 0.3) is 0 Å². The van der Waals surface area contributed by atoms with Crippen LogP contribution >= 0.6 is 11.8 Å². The number of carboxylic acids is 1. The maximum absolute atomic E-state index is 11.9. The van der Waals surface area contributed by atoms with Crippen LogP contribution < -0.4 is 4.72 Å². The van der Waals surface area contributed by atoms with Crippen molar-refractivity contribution in [2.24, 2.45) is 7.05 Å². The van der Waals surface area contributed by atoms with Crippen LogP contribution in [0, 0.1) is 0 Å². The summed E-state index contributed by atoms with van der Waals surface area (Å²) in [5, 5.41) is 8.77. The number of thioether (sulfide) groups is 1. The van der Waals surface area contributed by atoms with Crippen LogP contribution in [-0.4, -0.2) is 47.1 Å². The number of imidazole rings is 1. The van der Waals surface area contributed by atoms with E-state index in [0.717, 1.165) is 0 Å². The van der Waals surface area contributed by atoms with Gasteiger partial charge >= 0.3 is 5.97 Å². The van der Waals surface area contributed by atoms with Crippen LogP contribution in [0.5, 0.6) is 0 Å². The minimum absolute atomic E-state index is 0.180. The van der Waals surface area contributed by atoms with Crippen molar-refractivity contribution in [3.8, 4) is 0 Å². The molecule has 0 fully saturated rings. The Balaban J connectivity index is 2.82. The Bertz CT molecular complexity index is 512. The minimum atomic E-state index is -3.89. The zero-order valence-corrected chi connectivity index (χ0v) is 11.7. The SMILES string of the molecule is CSCCC(NS(=O)(=O)c1cn(C)cn1)C(=O)O. The second-order valence-corrected chi connectivity index (χ2v) is 6.32. The van der Waals surface area contributed by atoms with Crippen molar-refractivity contribution in [2.75, 3.05) is 12.0 Å². The first-order chi connectivity index (χ1) is 8.36. The number of nitrogens with zero attached hydrogens (tertiary/aromatic N) is 2. The van der Waals surface area contributed by atoms with Gasteiger partial charge in [0.15, 0.2) is 5.03 Å². The van der Waals surface area contributed by atoms with Gasteiger partial charge in [0.05, 0.1) is 6.33 Å². The molecule has 0 radical (unpaired) electrons. The topological polar surface area (TPSA) is 101 Å². The summed E-state index contributed by atoms with van der Waals surface area (Å²) < 4.78 is 27.4. The van der Waals surface area contributed by atoms with Gasteiger partial charge in [-0.2, -0.15) is 16.5 Å². The molecular weight excluding hydrogens is 278 g/mol. The highest BCUT2D eigenvalue weighted by atomic mass is 32.2. The third-order valence-corrected chi connectivity index (χ3v) is 4.16. The van der Waals surface area contributed by atoms with Gasteiger partial charge in [-0.25, -0.2) is 13.4 Å². The Morgan fingerprint density at radius 2 is 2.33 bits per heavy atom. The van der Waals surface area contributed by atoms with Crippen molar-refractivity contribution in [1.82, 2.24) is 14.3 Å². The molecule has 0 spiro atoms. The second-order valence-electron chi connectivity index (χ2n) is 3.67. The van der Waals surface area contributed by atoms with Crippen molar-refractivity contribution in [3.05, 3.63) is 12.5 Å². The second kappa shape index (κ2) is 6.21. The number of aromatic nitrogens is 2. The van der Waals surface area contributed by atoms with Crippen molar-refractivity contribution >= 4 is 27.8 Å². The lowest BCUT2D eigenvalue weighted by Gasteiger charge is -2.12. The molecule has 1 atom stereocenters. The maximum atomic E-state index is 11.9. The predicted octanol–water partition coefficient (Wildman–Crippen LogP) is -0.0953. The Hall–Kier alpha value is -1.06. The number of hydrogen-bond donors (Lipinski definition) is 2. The van der Waals surface area contributed by atoms with Gasteiger partial charge in [-0.3, -0.25) is 4.79 Å². The highest BCUT2D eigenvalue weighted by Crippen LogP contribution is 2.08. The molecule has 18 heavy (non-hydrogen) atoms. The van der Waals surface area contributed by atoms with E-state index in [1.807, 2.05) is 6.26 Å². The Labute approximate surface area is 110 Å². The first-order valence-corrected chi connectivity index (χ1v) is 7.96. The molecule has 0 aromatic carbocycles. The molecule has 1 unspecified atom stereocenters. The summed E-state index contributed by atoms with van der Waals surface area (Å²) in [4.78, 5) is 14.7. The molecule has 0 aliphatic heterocycles. The smallest absolute Gasteiger partial charge is 0.321 e. The first kappa shape index (κ1) is 15.0. The molecule has 1 heterocycles. The van der Waals surface area contributed by atoms with E-state index in [0.29, 0.717) is 5.75 Å². The summed E-state index contributed by atoms with van der Waals surface area (Å²) in [5.74, 6) is -0.634. The standard InChI is InChI=1S/C9H15N3O4S2/c1-12-5-8(10-6-12)18(15,16)11-7(9(13)14)3-4-17-2/h5-7,11H,3-4H2,1-2H3,(H,13,14). The molecule has 2 N–H and O–H groups in total. The van der Waals surface area contributed by atoms with E-state index >= 15 is 0 Å². The van der Waals surface area contributed by atoms with Gasteiger partial charge in [-0.15, -0.1) is 0 Å². The monoisotopic (exact) mass is 293 g/mol. The quantitative estimate of drug-likeness (QED) is 0.728. The molecule has 0 amide bonds. The van der Waals surface area contributed by atoms with Crippen molar-refractivity contribution in [2.45, 2.75) is 17.5 Å². The summed E-state index contributed by atoms with van der Waals surface area (Å²) in [6.07, 6.45) is 4.71. The zero-order valence-electron chi connectivity index (χ0n) is 10.0. The Morgan fingerprint density at radius 3 is 2.78 bits per heavy atom. The normalized spacial score (nSPS) is 13.4. The molecule has 1 aromatic rings. The summed E-state index contributed by atoms with van der Waals surface area (Å²) in [6.45, 7) is 0. The van der Waals surface area contributed by atoms with Gasteiger partial charge in [0.25, 0.3) is 10.0 Å². The molecule has 0 saturated heterocycles. The van der Waals surface area contributed by atoms with E-state index in [1.54, 1.807) is 7.05 Å². The lowest BCUT2D eigenvalue weighted by Crippen LogP contribution is -2.41. The zero-order chi connectivity index (χ0) is 13.8. The van der Waals surface area contributed by atoms with Gasteiger partial charge in [0, 0.05) is 13.2 Å². The van der Waals surface area contributed by atoms with Gasteiger partial charge in [-0.1, -0.05) is 0 Å². The maximum Gasteiger partial charge on any atom is 0.321 e. The van der Waals surface area contributed by atoms with E-state index in [-0.39, 0.29) is 11.4 Å². The largest absolute Gasteiger partial charge is 0.480 e.